The molecule has 0 radical (unpaired) electrons. The Bertz CT molecular complexity index is 998. The van der Waals surface area contributed by atoms with E-state index in [0.717, 1.165) is 0 Å². The normalized spacial score (nSPS) is 13.7. The summed E-state index contributed by atoms with van der Waals surface area (Å²) in [5.74, 6) is 0.568. The number of ether oxygens (including phenoxy) is 1. The van der Waals surface area contributed by atoms with Gasteiger partial charge in [0, 0.05) is 24.0 Å². The fraction of sp³-hybridized carbons (Fsp3) is 0.167. The van der Waals surface area contributed by atoms with Crippen LogP contribution in [0.15, 0.2) is 46.9 Å². The number of aromatic nitrogens is 1. The number of carbonyl (C=O) groups excluding carboxylic acids is 2. The Morgan fingerprint density at radius 1 is 1.15 bits per heavy atom. The second-order valence-electron chi connectivity index (χ2n) is 5.81. The van der Waals surface area contributed by atoms with Gasteiger partial charge in [0.15, 0.2) is 11.5 Å². The molecule has 8 heteroatoms. The minimum atomic E-state index is -0.397. The Kier molecular flexibility index (Phi) is 3.92. The number of nitrogens with zero attached hydrogens (tertiary/aromatic N) is 2. The molecule has 2 aromatic carbocycles. The molecular weight excluding hydrogens is 336 g/mol. The molecule has 2 N–H and O–H groups in total. The monoisotopic (exact) mass is 352 g/mol. The largest absolute Gasteiger partial charge is 0.447 e. The van der Waals surface area contributed by atoms with Gasteiger partial charge in [-0.1, -0.05) is 6.07 Å². The maximum atomic E-state index is 12.2. The topological polar surface area (TPSA) is 96.7 Å². The number of anilines is 3. The van der Waals surface area contributed by atoms with Crippen LogP contribution in [0.4, 0.5) is 26.7 Å². The van der Waals surface area contributed by atoms with Crippen molar-refractivity contribution in [2.75, 3.05) is 28.7 Å². The number of hydrogen-bond acceptors (Lipinski definition) is 5. The van der Waals surface area contributed by atoms with Crippen molar-refractivity contribution in [1.29, 1.82) is 0 Å². The van der Waals surface area contributed by atoms with Gasteiger partial charge in [0.1, 0.15) is 12.1 Å². The molecule has 1 aromatic heterocycles. The van der Waals surface area contributed by atoms with Gasteiger partial charge < -0.3 is 19.8 Å². The summed E-state index contributed by atoms with van der Waals surface area (Å²) in [6, 6.07) is 11.9. The maximum Gasteiger partial charge on any atom is 0.414 e. The summed E-state index contributed by atoms with van der Waals surface area (Å²) in [4.78, 5) is 29.7. The van der Waals surface area contributed by atoms with Crippen LogP contribution in [0.2, 0.25) is 0 Å². The van der Waals surface area contributed by atoms with Gasteiger partial charge in [0.05, 0.1) is 6.54 Å². The standard InChI is InChI=1S/C18H16N4O4/c1-11-19-15-10-13(5-6-16(15)26-11)21-17(23)20-12-3-2-4-14(9-12)22-7-8-25-18(22)24/h2-6,9-10H,7-8H2,1H3,(H2,20,21,23). The molecule has 1 saturated heterocycles. The summed E-state index contributed by atoms with van der Waals surface area (Å²) in [5.41, 5.74) is 3.18. The van der Waals surface area contributed by atoms with Gasteiger partial charge in [-0.25, -0.2) is 14.6 Å². The Morgan fingerprint density at radius 3 is 2.73 bits per heavy atom. The quantitative estimate of drug-likeness (QED) is 0.748. The van der Waals surface area contributed by atoms with E-state index in [1.54, 1.807) is 49.4 Å². The van der Waals surface area contributed by atoms with Crippen LogP contribution in [0.5, 0.6) is 0 Å². The van der Waals surface area contributed by atoms with Crippen LogP contribution in [-0.4, -0.2) is 30.3 Å². The first-order chi connectivity index (χ1) is 12.6. The zero-order valence-corrected chi connectivity index (χ0v) is 14.0. The zero-order valence-electron chi connectivity index (χ0n) is 14.0. The molecule has 0 unspecified atom stereocenters. The summed E-state index contributed by atoms with van der Waals surface area (Å²) in [5, 5.41) is 5.50. The first-order valence-electron chi connectivity index (χ1n) is 8.08. The molecular formula is C18H16N4O4. The summed E-state index contributed by atoms with van der Waals surface area (Å²) in [7, 11) is 0. The number of cyclic esters (lactones) is 1. The number of aryl methyl sites for hydroxylation is 1. The van der Waals surface area contributed by atoms with E-state index in [9.17, 15) is 9.59 Å². The van der Waals surface area contributed by atoms with E-state index in [4.69, 9.17) is 9.15 Å². The van der Waals surface area contributed by atoms with E-state index < -0.39 is 6.03 Å². The van der Waals surface area contributed by atoms with Crippen LogP contribution in [0.25, 0.3) is 11.1 Å². The predicted octanol–water partition coefficient (Wildman–Crippen LogP) is 3.74. The number of oxazole rings is 1. The molecule has 132 valence electrons. The lowest BCUT2D eigenvalue weighted by Gasteiger charge is -2.14. The number of amides is 3. The number of hydrogen-bond donors (Lipinski definition) is 2. The third kappa shape index (κ3) is 3.16. The van der Waals surface area contributed by atoms with E-state index >= 15 is 0 Å². The number of benzene rings is 2. The Morgan fingerprint density at radius 2 is 1.96 bits per heavy atom. The lowest BCUT2D eigenvalue weighted by Crippen LogP contribution is -2.24. The average molecular weight is 352 g/mol. The first-order valence-corrected chi connectivity index (χ1v) is 8.08. The number of carbonyl (C=O) groups is 2. The summed E-state index contributed by atoms with van der Waals surface area (Å²) >= 11 is 0. The predicted molar refractivity (Wildman–Crippen MR) is 96.5 cm³/mol. The van der Waals surface area contributed by atoms with Gasteiger partial charge >= 0.3 is 12.1 Å². The van der Waals surface area contributed by atoms with Gasteiger partial charge in [-0.05, 0) is 36.4 Å². The average Bonchev–Trinajstić information content (AvgIpc) is 3.19. The lowest BCUT2D eigenvalue weighted by atomic mass is 10.2. The van der Waals surface area contributed by atoms with Crippen LogP contribution in [0.1, 0.15) is 5.89 Å². The Hall–Kier alpha value is -3.55. The minimum Gasteiger partial charge on any atom is -0.447 e. The second kappa shape index (κ2) is 6.40. The molecule has 0 spiro atoms. The van der Waals surface area contributed by atoms with Crippen molar-refractivity contribution in [3.63, 3.8) is 0 Å². The van der Waals surface area contributed by atoms with Gasteiger partial charge in [-0.3, -0.25) is 4.90 Å². The molecule has 1 aliphatic heterocycles. The molecule has 2 heterocycles. The van der Waals surface area contributed by atoms with Crippen LogP contribution in [0, 0.1) is 6.92 Å². The molecule has 0 bridgehead atoms. The third-order valence-corrected chi connectivity index (χ3v) is 3.93. The fourth-order valence-electron chi connectivity index (χ4n) is 2.79. The van der Waals surface area contributed by atoms with Crippen molar-refractivity contribution in [3.8, 4) is 0 Å². The van der Waals surface area contributed by atoms with Crippen LogP contribution in [-0.2, 0) is 4.74 Å². The number of nitrogens with one attached hydrogen (secondary N) is 2. The molecule has 1 aliphatic rings. The van der Waals surface area contributed by atoms with Crippen molar-refractivity contribution in [2.24, 2.45) is 0 Å². The molecule has 0 aliphatic carbocycles. The van der Waals surface area contributed by atoms with Crippen molar-refractivity contribution in [3.05, 3.63) is 48.4 Å². The SMILES string of the molecule is Cc1nc2cc(NC(=O)Nc3cccc(N4CCOC4=O)c3)ccc2o1. The number of rotatable bonds is 3. The van der Waals surface area contributed by atoms with Gasteiger partial charge in [0.25, 0.3) is 0 Å². The van der Waals surface area contributed by atoms with Crippen molar-refractivity contribution in [2.45, 2.75) is 6.92 Å². The fourth-order valence-corrected chi connectivity index (χ4v) is 2.79. The van der Waals surface area contributed by atoms with Gasteiger partial charge in [0.2, 0.25) is 0 Å². The number of fused-ring (bicyclic) bond motifs is 1. The molecule has 1 fully saturated rings. The molecule has 8 nitrogen and oxygen atoms in total. The van der Waals surface area contributed by atoms with Crippen molar-refractivity contribution in [1.82, 2.24) is 4.98 Å². The maximum absolute atomic E-state index is 12.2. The molecule has 0 saturated carbocycles. The van der Waals surface area contributed by atoms with E-state index in [0.29, 0.717) is 47.2 Å². The van der Waals surface area contributed by atoms with Crippen LogP contribution in [0.3, 0.4) is 0 Å². The van der Waals surface area contributed by atoms with Crippen LogP contribution >= 0.6 is 0 Å². The summed E-state index contributed by atoms with van der Waals surface area (Å²) < 4.78 is 10.3. The highest BCUT2D eigenvalue weighted by Gasteiger charge is 2.23. The highest BCUT2D eigenvalue weighted by molar-refractivity contribution is 6.01. The third-order valence-electron chi connectivity index (χ3n) is 3.93. The van der Waals surface area contributed by atoms with Crippen LogP contribution < -0.4 is 15.5 Å². The van der Waals surface area contributed by atoms with Gasteiger partial charge in [-0.2, -0.15) is 0 Å². The van der Waals surface area contributed by atoms with E-state index in [1.165, 1.54) is 4.90 Å². The zero-order chi connectivity index (χ0) is 18.1. The molecule has 0 atom stereocenters. The molecule has 3 amide bonds. The summed E-state index contributed by atoms with van der Waals surface area (Å²) in [6.07, 6.45) is -0.386. The highest BCUT2D eigenvalue weighted by atomic mass is 16.6. The van der Waals surface area contributed by atoms with E-state index in [1.807, 2.05) is 0 Å². The van der Waals surface area contributed by atoms with Crippen molar-refractivity contribution >= 4 is 40.3 Å². The van der Waals surface area contributed by atoms with E-state index in [-0.39, 0.29) is 6.09 Å². The smallest absolute Gasteiger partial charge is 0.414 e. The van der Waals surface area contributed by atoms with Crippen molar-refractivity contribution < 1.29 is 18.7 Å². The summed E-state index contributed by atoms with van der Waals surface area (Å²) in [6.45, 7) is 2.62. The Balaban J connectivity index is 1.46. The highest BCUT2D eigenvalue weighted by Crippen LogP contribution is 2.23. The first kappa shape index (κ1) is 15.9. The molecule has 3 aromatic rings. The lowest BCUT2D eigenvalue weighted by molar-refractivity contribution is 0.181. The molecule has 26 heavy (non-hydrogen) atoms. The van der Waals surface area contributed by atoms with E-state index in [2.05, 4.69) is 15.6 Å². The minimum absolute atomic E-state index is 0.362. The number of urea groups is 1. The Labute approximate surface area is 148 Å². The second-order valence-corrected chi connectivity index (χ2v) is 5.81. The molecule has 4 rings (SSSR count). The van der Waals surface area contributed by atoms with Gasteiger partial charge in [-0.15, -0.1) is 0 Å².